The molecule has 0 aromatic rings. The fourth-order valence-corrected chi connectivity index (χ4v) is 4.33. The second-order valence-corrected chi connectivity index (χ2v) is 15.8. The van der Waals surface area contributed by atoms with E-state index in [-0.39, 0.29) is 6.61 Å². The highest BCUT2D eigenvalue weighted by Gasteiger charge is 2.39. The zero-order valence-electron chi connectivity index (χ0n) is 7.65. The van der Waals surface area contributed by atoms with E-state index in [4.69, 9.17) is 39.5 Å². The Hall–Kier alpha value is 2.01. The molecule has 0 fully saturated rings. The smallest absolute Gasteiger partial charge is 0.331 e. The van der Waals surface area contributed by atoms with Crippen molar-refractivity contribution in [3.63, 3.8) is 0 Å². The van der Waals surface area contributed by atoms with Crippen LogP contribution in [0.1, 0.15) is 0 Å². The number of halogens is 6. The molecule has 0 aromatic carbocycles. The SMILES string of the molecule is C=CCOC(=O)C=C(C(Cl)(Cl)Cl)C(I)(I)I. The molecule has 2 nitrogen and oxygen atoms in total. The zero-order chi connectivity index (χ0) is 13.0. The predicted molar refractivity (Wildman–Crippen MR) is 94.3 cm³/mol. The van der Waals surface area contributed by atoms with Crippen molar-refractivity contribution in [1.82, 2.24) is 0 Å². The number of hydrogen-bond donors (Lipinski definition) is 0. The van der Waals surface area contributed by atoms with Crippen molar-refractivity contribution in [2.45, 2.75) is 3.23 Å². The standard InChI is InChI=1S/C8H6Cl3I3O2/c1-2-3-16-6(15)4-5(7(9,10)11)8(12,13)14/h2,4H,1,3H2. The summed E-state index contributed by atoms with van der Waals surface area (Å²) in [5.41, 5.74) is 0.348. The molecule has 0 N–H and O–H groups in total. The first kappa shape index (κ1) is 18.0. The molecule has 8 heteroatoms. The van der Waals surface area contributed by atoms with Gasteiger partial charge in [0.1, 0.15) is 6.04 Å². The van der Waals surface area contributed by atoms with Gasteiger partial charge in [-0.15, -0.1) is 0 Å². The van der Waals surface area contributed by atoms with Crippen LogP contribution in [0.25, 0.3) is 0 Å². The van der Waals surface area contributed by atoms with Gasteiger partial charge in [0.2, 0.25) is 3.79 Å². The van der Waals surface area contributed by atoms with Gasteiger partial charge in [-0.1, -0.05) is 115 Å². The highest BCUT2D eigenvalue weighted by molar-refractivity contribution is 14.3. The van der Waals surface area contributed by atoms with Crippen LogP contribution in [0.4, 0.5) is 0 Å². The number of hydrogen-bond acceptors (Lipinski definition) is 2. The van der Waals surface area contributed by atoms with Crippen LogP contribution in [0, 0.1) is 0 Å². The average molecular weight is 621 g/mol. The Labute approximate surface area is 150 Å². The first-order valence-electron chi connectivity index (χ1n) is 3.72. The summed E-state index contributed by atoms with van der Waals surface area (Å²) < 4.78 is 2.63. The number of rotatable bonds is 4. The zero-order valence-corrected chi connectivity index (χ0v) is 16.4. The molecule has 0 heterocycles. The van der Waals surface area contributed by atoms with Gasteiger partial charge in [0, 0.05) is 11.6 Å². The van der Waals surface area contributed by atoms with Crippen LogP contribution >= 0.6 is 103 Å². The third kappa shape index (κ3) is 7.45. The molecular weight excluding hydrogens is 615 g/mol. The van der Waals surface area contributed by atoms with E-state index in [1.807, 2.05) is 0 Å². The lowest BCUT2D eigenvalue weighted by atomic mass is 10.3. The summed E-state index contributed by atoms with van der Waals surface area (Å²) in [5.74, 6) is -0.560. The Morgan fingerprint density at radius 1 is 1.31 bits per heavy atom. The molecule has 0 aliphatic rings. The summed E-state index contributed by atoms with van der Waals surface area (Å²) in [6, 6.07) is 0. The van der Waals surface area contributed by atoms with Gasteiger partial charge in [0.15, 0.2) is 0 Å². The van der Waals surface area contributed by atoms with E-state index >= 15 is 0 Å². The molecular formula is C8H6Cl3I3O2. The molecule has 0 saturated heterocycles. The number of allylic oxidation sites excluding steroid dienone is 1. The van der Waals surface area contributed by atoms with E-state index < -0.39 is 9.20 Å². The summed E-state index contributed by atoms with van der Waals surface area (Å²) in [5, 5.41) is 0. The maximum atomic E-state index is 11.4. The lowest BCUT2D eigenvalue weighted by Crippen LogP contribution is -2.21. The number of esters is 1. The van der Waals surface area contributed by atoms with Crippen molar-refractivity contribution in [3.05, 3.63) is 24.3 Å². The predicted octanol–water partition coefficient (Wildman–Crippen LogP) is 4.97. The summed E-state index contributed by atoms with van der Waals surface area (Å²) in [6.07, 6.45) is 2.66. The van der Waals surface area contributed by atoms with Gasteiger partial charge in [0.25, 0.3) is 0 Å². The number of carbonyl (C=O) groups excluding carboxylic acids is 1. The maximum Gasteiger partial charge on any atom is 0.331 e. The minimum absolute atomic E-state index is 0.124. The van der Waals surface area contributed by atoms with E-state index in [1.165, 1.54) is 12.2 Å². The summed E-state index contributed by atoms with van der Waals surface area (Å²) >= 11 is 23.5. The Kier molecular flexibility index (Phi) is 8.51. The van der Waals surface area contributed by atoms with Gasteiger partial charge in [-0.3, -0.25) is 0 Å². The van der Waals surface area contributed by atoms with Crippen molar-refractivity contribution in [2.75, 3.05) is 6.61 Å². The molecule has 0 amide bonds. The molecule has 0 unspecified atom stereocenters. The van der Waals surface area contributed by atoms with Crippen molar-refractivity contribution in [1.29, 1.82) is 0 Å². The van der Waals surface area contributed by atoms with E-state index in [1.54, 1.807) is 0 Å². The summed E-state index contributed by atoms with van der Waals surface area (Å²) in [4.78, 5) is 11.4. The molecule has 0 atom stereocenters. The molecule has 0 aliphatic carbocycles. The lowest BCUT2D eigenvalue weighted by molar-refractivity contribution is -0.136. The minimum atomic E-state index is -1.64. The van der Waals surface area contributed by atoms with Gasteiger partial charge in [0.05, 0.1) is 0 Å². The normalized spacial score (nSPS) is 13.5. The van der Waals surface area contributed by atoms with Crippen molar-refractivity contribution in [2.24, 2.45) is 0 Å². The molecule has 92 valence electrons. The Morgan fingerprint density at radius 2 is 1.81 bits per heavy atom. The molecule has 16 heavy (non-hydrogen) atoms. The number of carbonyl (C=O) groups is 1. The van der Waals surface area contributed by atoms with Crippen LogP contribution in [0.2, 0.25) is 0 Å². The van der Waals surface area contributed by atoms with Crippen LogP contribution < -0.4 is 0 Å². The molecule has 0 saturated carbocycles. The van der Waals surface area contributed by atoms with E-state index in [0.29, 0.717) is 5.57 Å². The molecule has 0 aromatic heterocycles. The number of ether oxygens (including phenoxy) is 1. The second-order valence-electron chi connectivity index (χ2n) is 2.47. The summed E-state index contributed by atoms with van der Waals surface area (Å²) in [7, 11) is 0. The number of alkyl halides is 6. The fourth-order valence-electron chi connectivity index (χ4n) is 0.625. The van der Waals surface area contributed by atoms with Gasteiger partial charge in [-0.05, 0) is 0 Å². The lowest BCUT2D eigenvalue weighted by Gasteiger charge is -2.23. The highest BCUT2D eigenvalue weighted by atomic mass is 127. The monoisotopic (exact) mass is 620 g/mol. The van der Waals surface area contributed by atoms with Gasteiger partial charge in [-0.2, -0.15) is 0 Å². The molecule has 0 radical (unpaired) electrons. The third-order valence-corrected chi connectivity index (χ3v) is 3.57. The molecule has 0 rings (SSSR count). The van der Waals surface area contributed by atoms with E-state index in [9.17, 15) is 4.79 Å². The van der Waals surface area contributed by atoms with Gasteiger partial charge < -0.3 is 4.74 Å². The average Bonchev–Trinajstić information content (AvgIpc) is 2.07. The first-order chi connectivity index (χ1) is 7.09. The maximum absolute atomic E-state index is 11.4. The Morgan fingerprint density at radius 3 is 2.12 bits per heavy atom. The van der Waals surface area contributed by atoms with Gasteiger partial charge >= 0.3 is 5.97 Å². The van der Waals surface area contributed by atoms with Crippen LogP contribution in [0.15, 0.2) is 24.3 Å². The fraction of sp³-hybridized carbons (Fsp3) is 0.375. The van der Waals surface area contributed by atoms with Crippen LogP contribution in [-0.2, 0) is 9.53 Å². The molecule has 0 bridgehead atoms. The third-order valence-electron chi connectivity index (χ3n) is 1.22. The molecule has 0 aliphatic heterocycles. The molecule has 0 spiro atoms. The Balaban J connectivity index is 4.99. The highest BCUT2D eigenvalue weighted by Crippen LogP contribution is 2.52. The van der Waals surface area contributed by atoms with Crippen molar-refractivity contribution < 1.29 is 9.53 Å². The Bertz CT molecular complexity index is 289. The minimum Gasteiger partial charge on any atom is -0.458 e. The quantitative estimate of drug-likeness (QED) is 0.146. The van der Waals surface area contributed by atoms with Crippen molar-refractivity contribution >= 4 is 109 Å². The van der Waals surface area contributed by atoms with Crippen molar-refractivity contribution in [3.8, 4) is 0 Å². The van der Waals surface area contributed by atoms with E-state index in [2.05, 4.69) is 74.4 Å². The largest absolute Gasteiger partial charge is 0.458 e. The van der Waals surface area contributed by atoms with Gasteiger partial charge in [-0.25, -0.2) is 4.79 Å². The first-order valence-corrected chi connectivity index (χ1v) is 8.09. The van der Waals surface area contributed by atoms with Crippen LogP contribution in [0.5, 0.6) is 0 Å². The van der Waals surface area contributed by atoms with E-state index in [0.717, 1.165) is 0 Å². The summed E-state index contributed by atoms with van der Waals surface area (Å²) in [6.45, 7) is 3.55. The van der Waals surface area contributed by atoms with Crippen LogP contribution in [-0.4, -0.2) is 15.8 Å². The second kappa shape index (κ2) is 7.56. The topological polar surface area (TPSA) is 26.3 Å². The van der Waals surface area contributed by atoms with Crippen LogP contribution in [0.3, 0.4) is 0 Å².